The molecule has 166 valence electrons. The third kappa shape index (κ3) is 3.17. The number of fused-ring (bicyclic) bond motifs is 2. The van der Waals surface area contributed by atoms with Gasteiger partial charge in [0.25, 0.3) is 0 Å². The first-order valence-electron chi connectivity index (χ1n) is 10.1. The first kappa shape index (κ1) is 19.9. The molecule has 2 N–H and O–H groups in total. The molecule has 1 aliphatic carbocycles. The van der Waals surface area contributed by atoms with E-state index in [0.29, 0.717) is 39.3 Å². The predicted molar refractivity (Wildman–Crippen MR) is 117 cm³/mol. The Morgan fingerprint density at radius 2 is 2.15 bits per heavy atom. The maximum Gasteiger partial charge on any atom is 0.231 e. The molecule has 0 saturated heterocycles. The monoisotopic (exact) mass is 468 g/mol. The molecule has 4 heterocycles. The number of hydrogen-bond donors (Lipinski definition) is 2. The average molecular weight is 469 g/mol. The summed E-state index contributed by atoms with van der Waals surface area (Å²) in [7, 11) is 0. The number of aromatic nitrogens is 5. The number of H-pyrrole nitrogens is 1. The van der Waals surface area contributed by atoms with Gasteiger partial charge in [0.2, 0.25) is 5.91 Å². The molecule has 5 aromatic rings. The number of alkyl halides is 1. The number of hydrogen-bond acceptors (Lipinski definition) is 5. The highest BCUT2D eigenvalue weighted by Gasteiger charge is 2.43. The molecular weight excluding hydrogens is 454 g/mol. The van der Waals surface area contributed by atoms with Crippen molar-refractivity contribution in [1.82, 2.24) is 24.6 Å². The fourth-order valence-electron chi connectivity index (χ4n) is 3.90. The quantitative estimate of drug-likeness (QED) is 0.389. The zero-order chi connectivity index (χ0) is 22.9. The van der Waals surface area contributed by atoms with Gasteiger partial charge in [0, 0.05) is 23.3 Å². The number of anilines is 1. The molecule has 0 radical (unpaired) electrons. The Balaban J connectivity index is 1.45. The number of imidazole rings is 1. The van der Waals surface area contributed by atoms with Gasteiger partial charge in [-0.25, -0.2) is 13.8 Å². The Morgan fingerprint density at radius 1 is 1.33 bits per heavy atom. The van der Waals surface area contributed by atoms with Crippen LogP contribution in [0.15, 0.2) is 41.3 Å². The van der Waals surface area contributed by atoms with E-state index in [-0.39, 0.29) is 22.8 Å². The van der Waals surface area contributed by atoms with Crippen LogP contribution in [0, 0.1) is 18.7 Å². The molecule has 1 amide bonds. The molecular formula is C22H15ClF2N6O2. The number of benzene rings is 1. The normalized spacial score (nSPS) is 17.7. The summed E-state index contributed by atoms with van der Waals surface area (Å²) in [5, 5.41) is 10.0. The van der Waals surface area contributed by atoms with E-state index in [4.69, 9.17) is 16.0 Å². The number of aromatic amines is 1. The Kier molecular flexibility index (Phi) is 4.28. The van der Waals surface area contributed by atoms with E-state index in [9.17, 15) is 9.18 Å². The van der Waals surface area contributed by atoms with Crippen molar-refractivity contribution in [1.29, 1.82) is 0 Å². The summed E-state index contributed by atoms with van der Waals surface area (Å²) in [6.45, 7) is 1.76. The van der Waals surface area contributed by atoms with Gasteiger partial charge in [-0.1, -0.05) is 11.6 Å². The van der Waals surface area contributed by atoms with Gasteiger partial charge < -0.3 is 14.1 Å². The summed E-state index contributed by atoms with van der Waals surface area (Å²) in [4.78, 5) is 20.7. The van der Waals surface area contributed by atoms with Crippen molar-refractivity contribution in [2.24, 2.45) is 5.92 Å². The number of halogens is 3. The second kappa shape index (κ2) is 7.11. The van der Waals surface area contributed by atoms with E-state index < -0.39 is 23.8 Å². The number of nitrogens with zero attached hydrogens (tertiary/aromatic N) is 4. The number of amides is 1. The van der Waals surface area contributed by atoms with E-state index in [1.54, 1.807) is 42.0 Å². The summed E-state index contributed by atoms with van der Waals surface area (Å²) in [5.74, 6) is -0.491. The first-order valence-corrected chi connectivity index (χ1v) is 10.5. The summed E-state index contributed by atoms with van der Waals surface area (Å²) in [6, 6.07) is 3.40. The van der Waals surface area contributed by atoms with Crippen molar-refractivity contribution in [3.05, 3.63) is 53.5 Å². The van der Waals surface area contributed by atoms with Gasteiger partial charge >= 0.3 is 0 Å². The lowest BCUT2D eigenvalue weighted by atomic mass is 10.0. The Labute approximate surface area is 189 Å². The number of nitrogens with one attached hydrogen (secondary N) is 2. The summed E-state index contributed by atoms with van der Waals surface area (Å²) in [5.41, 5.74) is 1.69. The molecule has 33 heavy (non-hydrogen) atoms. The minimum Gasteiger partial charge on any atom is -0.461 e. The fourth-order valence-corrected chi connectivity index (χ4v) is 4.19. The minimum atomic E-state index is -1.10. The van der Waals surface area contributed by atoms with Crippen LogP contribution < -0.4 is 5.32 Å². The molecule has 0 bridgehead atoms. The van der Waals surface area contributed by atoms with Gasteiger partial charge in [-0.3, -0.25) is 14.9 Å². The van der Waals surface area contributed by atoms with Crippen LogP contribution in [0.3, 0.4) is 0 Å². The fraction of sp³-hybridized carbons (Fsp3) is 0.182. The summed E-state index contributed by atoms with van der Waals surface area (Å²) in [6.07, 6.45) is 5.41. The number of carbonyl (C=O) groups is 1. The van der Waals surface area contributed by atoms with Gasteiger partial charge in [-0.15, -0.1) is 0 Å². The number of furan rings is 1. The molecule has 1 aromatic carbocycles. The highest BCUT2D eigenvalue weighted by Crippen LogP contribution is 2.42. The van der Waals surface area contributed by atoms with Crippen molar-refractivity contribution in [3.63, 3.8) is 0 Å². The highest BCUT2D eigenvalue weighted by molar-refractivity contribution is 6.35. The SMILES string of the molecule is Cc1ccc(-c2c(F)c(Cl)c(-c3cn4cc(NC(=O)[C@@H]5C[C@@H]5F)nc4cn3)c3c[nH]nc23)o1. The van der Waals surface area contributed by atoms with Crippen LogP contribution in [0.1, 0.15) is 12.2 Å². The predicted octanol–water partition coefficient (Wildman–Crippen LogP) is 4.93. The van der Waals surface area contributed by atoms with Crippen molar-refractivity contribution in [2.75, 3.05) is 5.32 Å². The van der Waals surface area contributed by atoms with E-state index in [2.05, 4.69) is 25.5 Å². The zero-order valence-electron chi connectivity index (χ0n) is 17.1. The molecule has 4 aromatic heterocycles. The summed E-state index contributed by atoms with van der Waals surface area (Å²) >= 11 is 6.49. The van der Waals surface area contributed by atoms with Crippen LogP contribution in [-0.2, 0) is 4.79 Å². The maximum absolute atomic E-state index is 15.5. The Bertz CT molecular complexity index is 1570. The second-order valence-corrected chi connectivity index (χ2v) is 8.33. The number of rotatable bonds is 4. The molecule has 6 rings (SSSR count). The molecule has 1 saturated carbocycles. The van der Waals surface area contributed by atoms with Gasteiger partial charge in [0.05, 0.1) is 34.6 Å². The van der Waals surface area contributed by atoms with E-state index in [0.717, 1.165) is 0 Å². The molecule has 1 aliphatic rings. The van der Waals surface area contributed by atoms with E-state index in [1.165, 1.54) is 6.20 Å². The van der Waals surface area contributed by atoms with E-state index in [1.807, 2.05) is 0 Å². The Hall–Kier alpha value is -3.79. The number of carbonyl (C=O) groups excluding carboxylic acids is 1. The molecule has 11 heteroatoms. The lowest BCUT2D eigenvalue weighted by molar-refractivity contribution is -0.117. The zero-order valence-corrected chi connectivity index (χ0v) is 17.8. The topological polar surface area (TPSA) is 101 Å². The van der Waals surface area contributed by atoms with Crippen LogP contribution in [0.4, 0.5) is 14.6 Å². The highest BCUT2D eigenvalue weighted by atomic mass is 35.5. The molecule has 8 nitrogen and oxygen atoms in total. The molecule has 0 unspecified atom stereocenters. The molecule has 0 spiro atoms. The van der Waals surface area contributed by atoms with Crippen molar-refractivity contribution < 1.29 is 18.0 Å². The van der Waals surface area contributed by atoms with Gasteiger partial charge in [-0.2, -0.15) is 5.10 Å². The maximum atomic E-state index is 15.5. The number of aryl methyl sites for hydroxylation is 1. The van der Waals surface area contributed by atoms with Gasteiger partial charge in [0.15, 0.2) is 17.3 Å². The minimum absolute atomic E-state index is 0.129. The van der Waals surface area contributed by atoms with Gasteiger partial charge in [-0.05, 0) is 25.5 Å². The molecule has 0 aliphatic heterocycles. The van der Waals surface area contributed by atoms with Crippen LogP contribution in [-0.4, -0.2) is 36.6 Å². The lowest BCUT2D eigenvalue weighted by Crippen LogP contribution is -2.15. The largest absolute Gasteiger partial charge is 0.461 e. The first-order chi connectivity index (χ1) is 15.9. The van der Waals surface area contributed by atoms with Crippen molar-refractivity contribution in [3.8, 4) is 22.6 Å². The van der Waals surface area contributed by atoms with Gasteiger partial charge in [0.1, 0.15) is 23.2 Å². The smallest absolute Gasteiger partial charge is 0.231 e. The van der Waals surface area contributed by atoms with Crippen LogP contribution in [0.2, 0.25) is 5.02 Å². The standard InChI is InChI=1S/C22H15ClF2N6O2/c1-9-2-3-14(33-9)18-20(25)19(23)17(11-5-27-30-21(11)18)13-7-31-8-15(28-16(31)6-26-13)29-22(32)10-4-12(10)24/h2-3,5-8,10,12H,4H2,1H3,(H,27,30)(H,29,32)/t10-,12+/m1/s1. The van der Waals surface area contributed by atoms with Crippen LogP contribution in [0.5, 0.6) is 0 Å². The third-order valence-electron chi connectivity index (χ3n) is 5.66. The second-order valence-electron chi connectivity index (χ2n) is 7.95. The summed E-state index contributed by atoms with van der Waals surface area (Å²) < 4.78 is 35.8. The van der Waals surface area contributed by atoms with Crippen molar-refractivity contribution in [2.45, 2.75) is 19.5 Å². The Morgan fingerprint density at radius 3 is 2.88 bits per heavy atom. The molecule has 1 fully saturated rings. The lowest BCUT2D eigenvalue weighted by Gasteiger charge is -2.10. The average Bonchev–Trinajstić information content (AvgIpc) is 3.16. The molecule has 2 atom stereocenters. The van der Waals surface area contributed by atoms with Crippen molar-refractivity contribution >= 4 is 39.9 Å². The van der Waals surface area contributed by atoms with Crippen LogP contribution >= 0.6 is 11.6 Å². The van der Waals surface area contributed by atoms with Crippen LogP contribution in [0.25, 0.3) is 39.1 Å². The van der Waals surface area contributed by atoms with E-state index >= 15 is 4.39 Å². The third-order valence-corrected chi connectivity index (χ3v) is 6.02.